The predicted octanol–water partition coefficient (Wildman–Crippen LogP) is 4.78. The Labute approximate surface area is 189 Å². The molecule has 3 N–H and O–H groups in total. The maximum Gasteiger partial charge on any atom is 0.289 e. The van der Waals surface area contributed by atoms with Gasteiger partial charge in [-0.15, -0.1) is 0 Å². The molecule has 0 saturated carbocycles. The number of benzene rings is 3. The topological polar surface area (TPSA) is 99.6 Å². The number of H-pyrrole nitrogens is 1. The number of hydrogen-bond acceptors (Lipinski definition) is 5. The lowest BCUT2D eigenvalue weighted by Gasteiger charge is -2.10. The molecular formula is C24H19ClN4O3. The molecule has 0 aliphatic rings. The van der Waals surface area contributed by atoms with Crippen molar-refractivity contribution < 1.29 is 14.6 Å². The van der Waals surface area contributed by atoms with Crippen molar-refractivity contribution in [3.8, 4) is 22.8 Å². The molecule has 0 atom stereocenters. The quantitative estimate of drug-likeness (QED) is 0.281. The number of aromatic amines is 1. The number of phenols is 1. The van der Waals surface area contributed by atoms with Crippen molar-refractivity contribution in [2.75, 3.05) is 0 Å². The van der Waals surface area contributed by atoms with E-state index in [-0.39, 0.29) is 11.4 Å². The van der Waals surface area contributed by atoms with Gasteiger partial charge in [-0.05, 0) is 65.7 Å². The van der Waals surface area contributed by atoms with Gasteiger partial charge in [-0.3, -0.25) is 9.89 Å². The van der Waals surface area contributed by atoms with Crippen molar-refractivity contribution in [3.05, 3.63) is 101 Å². The van der Waals surface area contributed by atoms with Crippen LogP contribution in [0.1, 0.15) is 21.6 Å². The van der Waals surface area contributed by atoms with Gasteiger partial charge in [0, 0.05) is 10.6 Å². The van der Waals surface area contributed by atoms with Gasteiger partial charge in [-0.2, -0.15) is 10.2 Å². The van der Waals surface area contributed by atoms with Crippen LogP contribution in [0.4, 0.5) is 0 Å². The highest BCUT2D eigenvalue weighted by molar-refractivity contribution is 6.30. The van der Waals surface area contributed by atoms with E-state index in [4.69, 9.17) is 16.3 Å². The second kappa shape index (κ2) is 9.80. The van der Waals surface area contributed by atoms with Crippen molar-refractivity contribution in [1.82, 2.24) is 15.6 Å². The number of amides is 1. The molecule has 1 amide bonds. The normalized spacial score (nSPS) is 10.9. The molecule has 8 heteroatoms. The number of nitrogens with zero attached hydrogens (tertiary/aromatic N) is 2. The maximum atomic E-state index is 12.4. The van der Waals surface area contributed by atoms with Gasteiger partial charge in [-0.25, -0.2) is 5.43 Å². The molecule has 0 unspecified atom stereocenters. The first-order valence-corrected chi connectivity index (χ1v) is 10.1. The van der Waals surface area contributed by atoms with Crippen molar-refractivity contribution in [2.24, 2.45) is 5.10 Å². The maximum absolute atomic E-state index is 12.4. The van der Waals surface area contributed by atoms with Crippen LogP contribution in [0.2, 0.25) is 5.02 Å². The molecule has 3 aromatic carbocycles. The highest BCUT2D eigenvalue weighted by Crippen LogP contribution is 2.29. The summed E-state index contributed by atoms with van der Waals surface area (Å²) >= 11 is 5.93. The minimum Gasteiger partial charge on any atom is -0.508 e. The zero-order chi connectivity index (χ0) is 22.3. The van der Waals surface area contributed by atoms with Crippen molar-refractivity contribution in [3.63, 3.8) is 0 Å². The van der Waals surface area contributed by atoms with Crippen molar-refractivity contribution in [1.29, 1.82) is 0 Å². The van der Waals surface area contributed by atoms with Crippen LogP contribution in [0, 0.1) is 0 Å². The Bertz CT molecular complexity index is 1230. The molecule has 7 nitrogen and oxygen atoms in total. The Morgan fingerprint density at radius 1 is 1.09 bits per heavy atom. The third-order valence-electron chi connectivity index (χ3n) is 4.57. The fraction of sp³-hybridized carbons (Fsp3) is 0.0417. The van der Waals surface area contributed by atoms with Crippen LogP contribution in [-0.4, -0.2) is 27.4 Å². The van der Waals surface area contributed by atoms with Gasteiger partial charge in [0.2, 0.25) is 0 Å². The number of rotatable bonds is 7. The molecular weight excluding hydrogens is 428 g/mol. The van der Waals surface area contributed by atoms with Crippen LogP contribution in [0.3, 0.4) is 0 Å². The van der Waals surface area contributed by atoms with E-state index in [2.05, 4.69) is 20.7 Å². The number of nitrogens with one attached hydrogen (secondary N) is 2. The molecule has 0 aliphatic heterocycles. The molecule has 0 aliphatic carbocycles. The Kier molecular flexibility index (Phi) is 6.48. The number of aromatic nitrogens is 2. The van der Waals surface area contributed by atoms with E-state index in [1.807, 2.05) is 48.5 Å². The number of carbonyl (C=O) groups excluding carboxylic acids is 1. The predicted molar refractivity (Wildman–Crippen MR) is 123 cm³/mol. The highest BCUT2D eigenvalue weighted by Gasteiger charge is 2.14. The molecule has 0 bridgehead atoms. The molecule has 4 aromatic rings. The molecule has 1 heterocycles. The first kappa shape index (κ1) is 21.1. The molecule has 0 saturated heterocycles. The molecule has 32 heavy (non-hydrogen) atoms. The zero-order valence-electron chi connectivity index (χ0n) is 16.8. The summed E-state index contributed by atoms with van der Waals surface area (Å²) in [6, 6.07) is 23.0. The first-order chi connectivity index (χ1) is 15.6. The zero-order valence-corrected chi connectivity index (χ0v) is 17.6. The monoisotopic (exact) mass is 446 g/mol. The number of para-hydroxylation sites is 1. The Hall–Kier alpha value is -4.10. The van der Waals surface area contributed by atoms with E-state index in [1.165, 1.54) is 18.3 Å². The van der Waals surface area contributed by atoms with E-state index >= 15 is 0 Å². The van der Waals surface area contributed by atoms with Crippen LogP contribution < -0.4 is 10.2 Å². The Morgan fingerprint density at radius 3 is 2.62 bits per heavy atom. The minimum atomic E-state index is -0.432. The van der Waals surface area contributed by atoms with Gasteiger partial charge >= 0.3 is 0 Å². The second-order valence-corrected chi connectivity index (χ2v) is 7.31. The number of aromatic hydroxyl groups is 1. The lowest BCUT2D eigenvalue weighted by molar-refractivity contribution is 0.0950. The van der Waals surface area contributed by atoms with E-state index < -0.39 is 5.91 Å². The molecule has 4 rings (SSSR count). The largest absolute Gasteiger partial charge is 0.508 e. The van der Waals surface area contributed by atoms with Gasteiger partial charge in [0.15, 0.2) is 0 Å². The van der Waals surface area contributed by atoms with Crippen molar-refractivity contribution >= 4 is 23.7 Å². The SMILES string of the molecule is O=C(N/N=C\c1ccc(O)cc1)c1cc(-c2ccccc2OCc2ccc(Cl)cc2)n[nH]1. The number of hydrazone groups is 1. The molecule has 160 valence electrons. The number of halogens is 1. The van der Waals surface area contributed by atoms with Crippen LogP contribution >= 0.6 is 11.6 Å². The van der Waals surface area contributed by atoms with E-state index in [1.54, 1.807) is 18.2 Å². The average Bonchev–Trinajstić information content (AvgIpc) is 3.30. The lowest BCUT2D eigenvalue weighted by atomic mass is 10.1. The number of ether oxygens (including phenoxy) is 1. The summed E-state index contributed by atoms with van der Waals surface area (Å²) in [7, 11) is 0. The summed E-state index contributed by atoms with van der Waals surface area (Å²) in [5, 5.41) is 20.9. The average molecular weight is 447 g/mol. The summed E-state index contributed by atoms with van der Waals surface area (Å²) in [4.78, 5) is 12.4. The van der Waals surface area contributed by atoms with Gasteiger partial charge in [0.25, 0.3) is 5.91 Å². The number of carbonyl (C=O) groups is 1. The number of hydrogen-bond donors (Lipinski definition) is 3. The fourth-order valence-electron chi connectivity index (χ4n) is 2.91. The second-order valence-electron chi connectivity index (χ2n) is 6.87. The first-order valence-electron chi connectivity index (χ1n) is 9.73. The van der Waals surface area contributed by atoms with Crippen LogP contribution in [0.15, 0.2) is 84.0 Å². The summed E-state index contributed by atoms with van der Waals surface area (Å²) in [5.41, 5.74) is 5.75. The summed E-state index contributed by atoms with van der Waals surface area (Å²) in [5.74, 6) is 0.373. The lowest BCUT2D eigenvalue weighted by Crippen LogP contribution is -2.17. The summed E-state index contributed by atoms with van der Waals surface area (Å²) in [6.45, 7) is 0.373. The molecule has 0 fully saturated rings. The van der Waals surface area contributed by atoms with Gasteiger partial charge in [0.1, 0.15) is 23.8 Å². The third-order valence-corrected chi connectivity index (χ3v) is 4.82. The van der Waals surface area contributed by atoms with E-state index in [9.17, 15) is 9.90 Å². The van der Waals surface area contributed by atoms with Gasteiger partial charge in [-0.1, -0.05) is 35.9 Å². The Morgan fingerprint density at radius 2 is 1.84 bits per heavy atom. The summed E-state index contributed by atoms with van der Waals surface area (Å²) in [6.07, 6.45) is 1.48. The highest BCUT2D eigenvalue weighted by atomic mass is 35.5. The standard InChI is InChI=1S/C24H19ClN4O3/c25-18-9-5-17(6-10-18)15-32-23-4-2-1-3-20(23)21-13-22(28-27-21)24(31)29-26-14-16-7-11-19(30)12-8-16/h1-14,30H,15H2,(H,27,28)(H,29,31)/b26-14-. The third kappa shape index (κ3) is 5.33. The van der Waals surface area contributed by atoms with Crippen LogP contribution in [0.25, 0.3) is 11.3 Å². The Balaban J connectivity index is 1.43. The molecule has 1 aromatic heterocycles. The smallest absolute Gasteiger partial charge is 0.289 e. The van der Waals surface area contributed by atoms with Crippen LogP contribution in [0.5, 0.6) is 11.5 Å². The van der Waals surface area contributed by atoms with E-state index in [0.29, 0.717) is 23.1 Å². The van der Waals surface area contributed by atoms with Crippen LogP contribution in [-0.2, 0) is 6.61 Å². The molecule has 0 spiro atoms. The fourth-order valence-corrected chi connectivity index (χ4v) is 3.03. The molecule has 0 radical (unpaired) electrons. The van der Waals surface area contributed by atoms with Gasteiger partial charge in [0.05, 0.1) is 11.9 Å². The summed E-state index contributed by atoms with van der Waals surface area (Å²) < 4.78 is 5.97. The van der Waals surface area contributed by atoms with Gasteiger partial charge < -0.3 is 9.84 Å². The van der Waals surface area contributed by atoms with E-state index in [0.717, 1.165) is 16.7 Å². The minimum absolute atomic E-state index is 0.161. The van der Waals surface area contributed by atoms with Crippen molar-refractivity contribution in [2.45, 2.75) is 6.61 Å². The number of phenolic OH excluding ortho intramolecular Hbond substituents is 1.